The fraction of sp³-hybridized carbons (Fsp3) is 0.312. The van der Waals surface area contributed by atoms with E-state index in [1.807, 2.05) is 13.2 Å². The number of nitrogens with zero attached hydrogens (tertiary/aromatic N) is 4. The van der Waals surface area contributed by atoms with E-state index >= 15 is 0 Å². The molecule has 1 N–H and O–H groups in total. The number of hydrogen-bond acceptors (Lipinski definition) is 5. The van der Waals surface area contributed by atoms with Gasteiger partial charge in [-0.1, -0.05) is 6.08 Å². The quantitative estimate of drug-likeness (QED) is 0.457. The molecule has 1 aromatic carbocycles. The fourth-order valence-corrected chi connectivity index (χ4v) is 2.44. The second kappa shape index (κ2) is 7.66. The minimum absolute atomic E-state index is 0.0554. The lowest BCUT2D eigenvalue weighted by Crippen LogP contribution is -2.26. The number of aromatic nitrogens is 2. The maximum atomic E-state index is 10.8. The first-order chi connectivity index (χ1) is 11.0. The molecule has 0 saturated heterocycles. The van der Waals surface area contributed by atoms with E-state index in [9.17, 15) is 10.1 Å². The van der Waals surface area contributed by atoms with Crippen molar-refractivity contribution in [3.05, 3.63) is 58.8 Å². The molecule has 0 radical (unpaired) electrons. The van der Waals surface area contributed by atoms with Crippen molar-refractivity contribution >= 4 is 5.69 Å². The Kier molecular flexibility index (Phi) is 5.61. The van der Waals surface area contributed by atoms with E-state index in [2.05, 4.69) is 16.6 Å². The summed E-state index contributed by atoms with van der Waals surface area (Å²) in [6.07, 6.45) is 3.71. The molecule has 0 aliphatic carbocycles. The van der Waals surface area contributed by atoms with Crippen molar-refractivity contribution in [1.82, 2.24) is 14.7 Å². The van der Waals surface area contributed by atoms with Gasteiger partial charge in [-0.2, -0.15) is 5.10 Å². The normalized spacial score (nSPS) is 10.9. The van der Waals surface area contributed by atoms with Gasteiger partial charge in [0.25, 0.3) is 5.69 Å². The molecule has 2 aromatic rings. The van der Waals surface area contributed by atoms with E-state index in [4.69, 9.17) is 5.11 Å². The Labute approximate surface area is 134 Å². The Morgan fingerprint density at radius 3 is 2.70 bits per heavy atom. The van der Waals surface area contributed by atoms with Gasteiger partial charge >= 0.3 is 0 Å². The minimum atomic E-state index is -0.420. The number of non-ortho nitro benzene ring substituents is 1. The highest BCUT2D eigenvalue weighted by molar-refractivity contribution is 5.64. The van der Waals surface area contributed by atoms with Gasteiger partial charge in [0, 0.05) is 56.1 Å². The number of aliphatic hydroxyl groups excluding tert-OH is 1. The number of aliphatic hydroxyl groups is 1. The summed E-state index contributed by atoms with van der Waals surface area (Å²) in [7, 11) is 1.84. The first kappa shape index (κ1) is 16.9. The maximum absolute atomic E-state index is 10.8. The van der Waals surface area contributed by atoms with Crippen LogP contribution < -0.4 is 0 Å². The van der Waals surface area contributed by atoms with Crippen molar-refractivity contribution in [2.45, 2.75) is 6.54 Å². The van der Waals surface area contributed by atoms with Crippen LogP contribution in [0.4, 0.5) is 5.69 Å². The number of rotatable bonds is 8. The van der Waals surface area contributed by atoms with E-state index in [1.165, 1.54) is 12.1 Å². The molecule has 0 aliphatic heterocycles. The molecule has 0 amide bonds. The van der Waals surface area contributed by atoms with Crippen molar-refractivity contribution in [2.24, 2.45) is 7.05 Å². The van der Waals surface area contributed by atoms with Crippen LogP contribution in [-0.2, 0) is 13.6 Å². The summed E-state index contributed by atoms with van der Waals surface area (Å²) >= 11 is 0. The third kappa shape index (κ3) is 4.24. The average molecular weight is 316 g/mol. The lowest BCUT2D eigenvalue weighted by atomic mass is 10.1. The van der Waals surface area contributed by atoms with Crippen LogP contribution in [-0.4, -0.2) is 44.4 Å². The summed E-state index contributed by atoms with van der Waals surface area (Å²) in [4.78, 5) is 12.4. The Morgan fingerprint density at radius 1 is 1.43 bits per heavy atom. The molecule has 0 spiro atoms. The zero-order valence-electron chi connectivity index (χ0n) is 13.1. The smallest absolute Gasteiger partial charge is 0.269 e. The molecule has 23 heavy (non-hydrogen) atoms. The van der Waals surface area contributed by atoms with Crippen LogP contribution in [0.2, 0.25) is 0 Å². The summed E-state index contributed by atoms with van der Waals surface area (Å²) in [5.41, 5.74) is 2.67. The third-order valence-corrected chi connectivity index (χ3v) is 3.45. The van der Waals surface area contributed by atoms with E-state index in [1.54, 1.807) is 22.9 Å². The highest BCUT2D eigenvalue weighted by atomic mass is 16.6. The summed E-state index contributed by atoms with van der Waals surface area (Å²) in [5.74, 6) is 0. The molecule has 122 valence electrons. The molecule has 2 rings (SSSR count). The Balaban J connectivity index is 2.28. The monoisotopic (exact) mass is 316 g/mol. The topological polar surface area (TPSA) is 84.4 Å². The van der Waals surface area contributed by atoms with Crippen LogP contribution in [0.15, 0.2) is 43.1 Å². The lowest BCUT2D eigenvalue weighted by molar-refractivity contribution is -0.384. The summed E-state index contributed by atoms with van der Waals surface area (Å²) in [5, 5.41) is 24.4. The molecule has 0 aliphatic rings. The average Bonchev–Trinajstić information content (AvgIpc) is 2.88. The zero-order chi connectivity index (χ0) is 16.8. The van der Waals surface area contributed by atoms with E-state index in [0.29, 0.717) is 19.6 Å². The predicted octanol–water partition coefficient (Wildman–Crippen LogP) is 1.98. The minimum Gasteiger partial charge on any atom is -0.395 e. The number of aryl methyl sites for hydroxylation is 1. The van der Waals surface area contributed by atoms with Gasteiger partial charge in [-0.3, -0.25) is 19.7 Å². The van der Waals surface area contributed by atoms with E-state index in [0.717, 1.165) is 16.8 Å². The van der Waals surface area contributed by atoms with Crippen molar-refractivity contribution in [2.75, 3.05) is 19.7 Å². The van der Waals surface area contributed by atoms with Crippen molar-refractivity contribution in [1.29, 1.82) is 0 Å². The summed E-state index contributed by atoms with van der Waals surface area (Å²) in [6, 6.07) is 6.35. The molecule has 7 nitrogen and oxygen atoms in total. The van der Waals surface area contributed by atoms with Crippen LogP contribution in [0.5, 0.6) is 0 Å². The second-order valence-electron chi connectivity index (χ2n) is 5.23. The molecule has 0 unspecified atom stereocenters. The highest BCUT2D eigenvalue weighted by Crippen LogP contribution is 2.25. The van der Waals surface area contributed by atoms with Crippen molar-refractivity contribution < 1.29 is 10.0 Å². The molecule has 0 bridgehead atoms. The molecule has 0 fully saturated rings. The van der Waals surface area contributed by atoms with E-state index in [-0.39, 0.29) is 12.3 Å². The van der Waals surface area contributed by atoms with Gasteiger partial charge in [-0.25, -0.2) is 0 Å². The van der Waals surface area contributed by atoms with Gasteiger partial charge in [-0.05, 0) is 12.1 Å². The van der Waals surface area contributed by atoms with Crippen LogP contribution >= 0.6 is 0 Å². The van der Waals surface area contributed by atoms with Crippen molar-refractivity contribution in [3.63, 3.8) is 0 Å². The largest absolute Gasteiger partial charge is 0.395 e. The van der Waals surface area contributed by atoms with Crippen LogP contribution in [0, 0.1) is 10.1 Å². The second-order valence-corrected chi connectivity index (χ2v) is 5.23. The van der Waals surface area contributed by atoms with Crippen LogP contribution in [0.25, 0.3) is 11.3 Å². The maximum Gasteiger partial charge on any atom is 0.269 e. The SMILES string of the molecule is C=CCN(CCO)Cc1cn(C)nc1-c1ccc([N+](=O)[O-])cc1. The third-order valence-electron chi connectivity index (χ3n) is 3.45. The number of hydrogen-bond donors (Lipinski definition) is 1. The fourth-order valence-electron chi connectivity index (χ4n) is 2.44. The standard InChI is InChI=1S/C16H20N4O3/c1-3-8-19(9-10-21)12-14-11-18(2)17-16(14)13-4-6-15(7-5-13)20(22)23/h3-7,11,21H,1,8-10,12H2,2H3. The van der Waals surface area contributed by atoms with Gasteiger partial charge in [-0.15, -0.1) is 6.58 Å². The molecule has 7 heteroatoms. The van der Waals surface area contributed by atoms with Crippen molar-refractivity contribution in [3.8, 4) is 11.3 Å². The first-order valence-electron chi connectivity index (χ1n) is 7.26. The van der Waals surface area contributed by atoms with Gasteiger partial charge in [0.15, 0.2) is 0 Å². The Hall–Kier alpha value is -2.51. The van der Waals surface area contributed by atoms with Gasteiger partial charge < -0.3 is 5.11 Å². The Bertz CT molecular complexity index is 679. The summed E-state index contributed by atoms with van der Waals surface area (Å²) in [6.45, 7) is 5.62. The van der Waals surface area contributed by atoms with Gasteiger partial charge in [0.05, 0.1) is 17.2 Å². The first-order valence-corrected chi connectivity index (χ1v) is 7.26. The van der Waals surface area contributed by atoms with Gasteiger partial charge in [0.2, 0.25) is 0 Å². The number of nitro groups is 1. The number of nitro benzene ring substituents is 1. The number of benzene rings is 1. The molecule has 1 heterocycles. The Morgan fingerprint density at radius 2 is 2.13 bits per heavy atom. The van der Waals surface area contributed by atoms with E-state index < -0.39 is 4.92 Å². The lowest BCUT2D eigenvalue weighted by Gasteiger charge is -2.19. The molecular weight excluding hydrogens is 296 g/mol. The highest BCUT2D eigenvalue weighted by Gasteiger charge is 2.14. The molecular formula is C16H20N4O3. The molecule has 0 atom stereocenters. The summed E-state index contributed by atoms with van der Waals surface area (Å²) < 4.78 is 1.72. The zero-order valence-corrected chi connectivity index (χ0v) is 13.1. The molecule has 0 saturated carbocycles. The van der Waals surface area contributed by atoms with Crippen LogP contribution in [0.3, 0.4) is 0 Å². The van der Waals surface area contributed by atoms with Crippen LogP contribution in [0.1, 0.15) is 5.56 Å². The molecule has 1 aromatic heterocycles. The van der Waals surface area contributed by atoms with Gasteiger partial charge in [0.1, 0.15) is 0 Å². The predicted molar refractivity (Wildman–Crippen MR) is 87.9 cm³/mol.